The van der Waals surface area contributed by atoms with Gasteiger partial charge in [0.15, 0.2) is 4.80 Å². The molecule has 174 valence electrons. The molecule has 2 heterocycles. The molecule has 0 unspecified atom stereocenters. The fourth-order valence-electron chi connectivity index (χ4n) is 3.80. The molecular formula is C24H21N3O6S. The first-order valence-corrected chi connectivity index (χ1v) is 11.2. The second-order valence-corrected chi connectivity index (χ2v) is 8.44. The van der Waals surface area contributed by atoms with Crippen LogP contribution in [0.5, 0.6) is 5.75 Å². The molecule has 0 aliphatic carbocycles. The third-order valence-corrected chi connectivity index (χ3v) is 6.29. The third kappa shape index (κ3) is 4.27. The number of nitro benzene ring substituents is 1. The lowest BCUT2D eigenvalue weighted by molar-refractivity contribution is -0.384. The lowest BCUT2D eigenvalue weighted by Crippen LogP contribution is -2.39. The maximum absolute atomic E-state index is 13.5. The van der Waals surface area contributed by atoms with Gasteiger partial charge in [-0.3, -0.25) is 19.5 Å². The summed E-state index contributed by atoms with van der Waals surface area (Å²) >= 11 is 1.15. The molecule has 0 radical (unpaired) electrons. The molecule has 0 amide bonds. The highest BCUT2D eigenvalue weighted by atomic mass is 32.1. The first kappa shape index (κ1) is 23.1. The lowest BCUT2D eigenvalue weighted by Gasteiger charge is -2.25. The molecule has 34 heavy (non-hydrogen) atoms. The Balaban J connectivity index is 1.95. The van der Waals surface area contributed by atoms with Gasteiger partial charge in [-0.05, 0) is 43.2 Å². The molecule has 0 saturated heterocycles. The standard InChI is InChI=1S/C24H21N3O6S/c1-4-33-23(29)20-14(2)25-24-26(21(20)16-8-6-10-18(13-16)32-3)22(28)19(34-24)12-15-7-5-9-17(11-15)27(30)31/h5-13,21H,4H2,1-3H3/b19-12-/t21-/m0/s1. The Kier molecular flexibility index (Phi) is 6.42. The Bertz CT molecular complexity index is 1500. The summed E-state index contributed by atoms with van der Waals surface area (Å²) in [6.07, 6.45) is 1.59. The van der Waals surface area contributed by atoms with Gasteiger partial charge in [0.1, 0.15) is 5.75 Å². The molecule has 10 heteroatoms. The molecule has 9 nitrogen and oxygen atoms in total. The molecule has 4 rings (SSSR count). The van der Waals surface area contributed by atoms with Crippen molar-refractivity contribution in [3.05, 3.63) is 101 Å². The van der Waals surface area contributed by atoms with Gasteiger partial charge in [-0.25, -0.2) is 9.79 Å². The Morgan fingerprint density at radius 3 is 2.74 bits per heavy atom. The van der Waals surface area contributed by atoms with Crippen LogP contribution in [0.4, 0.5) is 5.69 Å². The number of benzene rings is 2. The highest BCUT2D eigenvalue weighted by molar-refractivity contribution is 7.07. The van der Waals surface area contributed by atoms with Crippen molar-refractivity contribution in [3.8, 4) is 5.75 Å². The number of aromatic nitrogens is 1. The number of hydrogen-bond acceptors (Lipinski definition) is 8. The van der Waals surface area contributed by atoms with E-state index in [0.717, 1.165) is 11.3 Å². The van der Waals surface area contributed by atoms with Gasteiger partial charge in [0.05, 0.1) is 40.5 Å². The van der Waals surface area contributed by atoms with E-state index in [-0.39, 0.29) is 23.4 Å². The van der Waals surface area contributed by atoms with E-state index < -0.39 is 16.9 Å². The van der Waals surface area contributed by atoms with E-state index >= 15 is 0 Å². The molecule has 3 aromatic rings. The van der Waals surface area contributed by atoms with Gasteiger partial charge in [0.2, 0.25) is 0 Å². The fourth-order valence-corrected chi connectivity index (χ4v) is 4.84. The Hall–Kier alpha value is -4.05. The van der Waals surface area contributed by atoms with Crippen LogP contribution in [-0.2, 0) is 9.53 Å². The lowest BCUT2D eigenvalue weighted by atomic mass is 9.95. The van der Waals surface area contributed by atoms with Crippen LogP contribution in [0.1, 0.15) is 31.0 Å². The predicted octanol–water partition coefficient (Wildman–Crippen LogP) is 2.72. The summed E-state index contributed by atoms with van der Waals surface area (Å²) in [5, 5.41) is 11.1. The van der Waals surface area contributed by atoms with Gasteiger partial charge in [-0.2, -0.15) is 0 Å². The summed E-state index contributed by atoms with van der Waals surface area (Å²) in [4.78, 5) is 42.0. The van der Waals surface area contributed by atoms with Crippen LogP contribution in [0.2, 0.25) is 0 Å². The maximum atomic E-state index is 13.5. The number of non-ortho nitro benzene ring substituents is 1. The average Bonchev–Trinajstić information content (AvgIpc) is 3.12. The monoisotopic (exact) mass is 479 g/mol. The Labute approximate surface area is 198 Å². The summed E-state index contributed by atoms with van der Waals surface area (Å²) in [5.41, 5.74) is 1.46. The van der Waals surface area contributed by atoms with Gasteiger partial charge in [-0.15, -0.1) is 0 Å². The zero-order valence-electron chi connectivity index (χ0n) is 18.7. The van der Waals surface area contributed by atoms with Crippen molar-refractivity contribution in [2.75, 3.05) is 13.7 Å². The summed E-state index contributed by atoms with van der Waals surface area (Å²) in [5.74, 6) is 0.0265. The van der Waals surface area contributed by atoms with E-state index in [4.69, 9.17) is 9.47 Å². The molecule has 1 aromatic heterocycles. The second-order valence-electron chi connectivity index (χ2n) is 7.43. The zero-order chi connectivity index (χ0) is 24.4. The van der Waals surface area contributed by atoms with Crippen LogP contribution in [-0.4, -0.2) is 29.2 Å². The van der Waals surface area contributed by atoms with E-state index in [9.17, 15) is 19.7 Å². The molecule has 0 N–H and O–H groups in total. The zero-order valence-corrected chi connectivity index (χ0v) is 19.5. The highest BCUT2D eigenvalue weighted by Gasteiger charge is 2.33. The summed E-state index contributed by atoms with van der Waals surface area (Å²) in [7, 11) is 1.54. The number of allylic oxidation sites excluding steroid dienone is 1. The molecule has 1 aliphatic rings. The number of esters is 1. The van der Waals surface area contributed by atoms with Crippen LogP contribution >= 0.6 is 11.3 Å². The van der Waals surface area contributed by atoms with Crippen LogP contribution in [0.25, 0.3) is 6.08 Å². The van der Waals surface area contributed by atoms with Crippen molar-refractivity contribution in [2.45, 2.75) is 19.9 Å². The molecule has 0 saturated carbocycles. The molecule has 0 bridgehead atoms. The quantitative estimate of drug-likeness (QED) is 0.305. The highest BCUT2D eigenvalue weighted by Crippen LogP contribution is 2.32. The predicted molar refractivity (Wildman–Crippen MR) is 126 cm³/mol. The number of methoxy groups -OCH3 is 1. The van der Waals surface area contributed by atoms with Crippen LogP contribution in [0.15, 0.2) is 69.6 Å². The number of ether oxygens (including phenoxy) is 2. The van der Waals surface area contributed by atoms with E-state index in [1.807, 2.05) is 6.07 Å². The molecule has 0 fully saturated rings. The Morgan fingerprint density at radius 2 is 2.03 bits per heavy atom. The van der Waals surface area contributed by atoms with Crippen molar-refractivity contribution in [1.82, 2.24) is 4.57 Å². The van der Waals surface area contributed by atoms with Gasteiger partial charge in [0, 0.05) is 12.1 Å². The topological polar surface area (TPSA) is 113 Å². The number of thiazole rings is 1. The molecule has 2 aromatic carbocycles. The van der Waals surface area contributed by atoms with E-state index in [1.165, 1.54) is 23.8 Å². The smallest absolute Gasteiger partial charge is 0.338 e. The number of fused-ring (bicyclic) bond motifs is 1. The van der Waals surface area contributed by atoms with Crippen LogP contribution < -0.4 is 19.6 Å². The minimum atomic E-state index is -0.766. The number of rotatable bonds is 6. The van der Waals surface area contributed by atoms with Gasteiger partial charge in [0.25, 0.3) is 11.2 Å². The van der Waals surface area contributed by atoms with Crippen LogP contribution in [0.3, 0.4) is 0 Å². The van der Waals surface area contributed by atoms with Crippen molar-refractivity contribution in [2.24, 2.45) is 4.99 Å². The van der Waals surface area contributed by atoms with E-state index in [2.05, 4.69) is 4.99 Å². The van der Waals surface area contributed by atoms with E-state index in [0.29, 0.717) is 31.9 Å². The average molecular weight is 480 g/mol. The first-order valence-electron chi connectivity index (χ1n) is 10.4. The first-order chi connectivity index (χ1) is 16.3. The molecule has 1 atom stereocenters. The van der Waals surface area contributed by atoms with Gasteiger partial charge < -0.3 is 9.47 Å². The third-order valence-electron chi connectivity index (χ3n) is 5.31. The molecule has 0 spiro atoms. The van der Waals surface area contributed by atoms with Crippen molar-refractivity contribution >= 4 is 29.1 Å². The van der Waals surface area contributed by atoms with E-state index in [1.54, 1.807) is 50.3 Å². The van der Waals surface area contributed by atoms with Crippen molar-refractivity contribution in [3.63, 3.8) is 0 Å². The normalized spacial score (nSPS) is 15.5. The summed E-state index contributed by atoms with van der Waals surface area (Å²) < 4.78 is 12.4. The largest absolute Gasteiger partial charge is 0.497 e. The Morgan fingerprint density at radius 1 is 1.26 bits per heavy atom. The summed E-state index contributed by atoms with van der Waals surface area (Å²) in [6.45, 7) is 3.59. The number of nitro groups is 1. The number of hydrogen-bond donors (Lipinski definition) is 0. The summed E-state index contributed by atoms with van der Waals surface area (Å²) in [6, 6.07) is 12.4. The number of carbonyl (C=O) groups is 1. The number of carbonyl (C=O) groups excluding carboxylic acids is 1. The number of nitrogens with zero attached hydrogens (tertiary/aromatic N) is 3. The van der Waals surface area contributed by atoms with Crippen LogP contribution in [0, 0.1) is 10.1 Å². The molecular weight excluding hydrogens is 458 g/mol. The van der Waals surface area contributed by atoms with Crippen molar-refractivity contribution < 1.29 is 19.2 Å². The fraction of sp³-hybridized carbons (Fsp3) is 0.208. The minimum Gasteiger partial charge on any atom is -0.497 e. The van der Waals surface area contributed by atoms with Gasteiger partial charge in [-0.1, -0.05) is 35.6 Å². The van der Waals surface area contributed by atoms with Gasteiger partial charge >= 0.3 is 5.97 Å². The van der Waals surface area contributed by atoms with Crippen molar-refractivity contribution in [1.29, 1.82) is 0 Å². The molecule has 1 aliphatic heterocycles. The minimum absolute atomic E-state index is 0.0729. The maximum Gasteiger partial charge on any atom is 0.338 e. The SMILES string of the molecule is CCOC(=O)C1=C(C)N=c2s/c(=C\c3cccc([N+](=O)[O-])c3)c(=O)n2[C@H]1c1cccc(OC)c1. The second kappa shape index (κ2) is 9.44.